The van der Waals surface area contributed by atoms with Gasteiger partial charge < -0.3 is 9.84 Å². The maximum Gasteiger partial charge on any atom is 0.304 e. The first-order chi connectivity index (χ1) is 6.61. The van der Waals surface area contributed by atoms with Crippen LogP contribution in [0, 0.1) is 0 Å². The van der Waals surface area contributed by atoms with Crippen LogP contribution in [0.1, 0.15) is 26.7 Å². The number of morpholine rings is 1. The second-order valence-electron chi connectivity index (χ2n) is 3.88. The number of nitrogens with zero attached hydrogens (tertiary/aromatic N) is 1. The molecule has 0 bridgehead atoms. The van der Waals surface area contributed by atoms with E-state index in [-0.39, 0.29) is 18.6 Å². The summed E-state index contributed by atoms with van der Waals surface area (Å²) in [5.74, 6) is -0.725. The highest BCUT2D eigenvalue weighted by Gasteiger charge is 2.23. The van der Waals surface area contributed by atoms with Gasteiger partial charge in [0.25, 0.3) is 0 Å². The van der Waals surface area contributed by atoms with E-state index in [4.69, 9.17) is 9.84 Å². The number of aliphatic carboxylic acids is 1. The quantitative estimate of drug-likeness (QED) is 0.736. The van der Waals surface area contributed by atoms with Crippen LogP contribution < -0.4 is 0 Å². The molecule has 1 N–H and O–H groups in total. The van der Waals surface area contributed by atoms with Gasteiger partial charge in [-0.1, -0.05) is 6.92 Å². The lowest BCUT2D eigenvalue weighted by Crippen LogP contribution is -2.46. The SMILES string of the molecule is CCC1CN(CCC(=O)O)CC(C)O1. The molecule has 2 unspecified atom stereocenters. The van der Waals surface area contributed by atoms with Crippen molar-refractivity contribution in [2.75, 3.05) is 19.6 Å². The molecule has 1 saturated heterocycles. The lowest BCUT2D eigenvalue weighted by molar-refractivity contribution is -0.138. The van der Waals surface area contributed by atoms with E-state index in [0.717, 1.165) is 19.5 Å². The Bertz CT molecular complexity index is 196. The first-order valence-electron chi connectivity index (χ1n) is 5.21. The molecule has 0 aromatic heterocycles. The fourth-order valence-corrected chi connectivity index (χ4v) is 1.80. The van der Waals surface area contributed by atoms with Crippen molar-refractivity contribution >= 4 is 5.97 Å². The van der Waals surface area contributed by atoms with Crippen molar-refractivity contribution in [1.82, 2.24) is 4.90 Å². The zero-order valence-corrected chi connectivity index (χ0v) is 8.90. The zero-order valence-electron chi connectivity index (χ0n) is 8.90. The Balaban J connectivity index is 2.33. The molecule has 1 aliphatic heterocycles. The highest BCUT2D eigenvalue weighted by atomic mass is 16.5. The molecule has 14 heavy (non-hydrogen) atoms. The molecule has 4 nitrogen and oxygen atoms in total. The van der Waals surface area contributed by atoms with Gasteiger partial charge in [-0.2, -0.15) is 0 Å². The van der Waals surface area contributed by atoms with E-state index in [1.165, 1.54) is 0 Å². The Kier molecular flexibility index (Phi) is 4.35. The summed E-state index contributed by atoms with van der Waals surface area (Å²) in [5, 5.41) is 8.58. The van der Waals surface area contributed by atoms with Gasteiger partial charge in [0, 0.05) is 19.6 Å². The largest absolute Gasteiger partial charge is 0.481 e. The molecule has 4 heteroatoms. The molecule has 0 amide bonds. The minimum atomic E-state index is -0.725. The molecule has 1 fully saturated rings. The first-order valence-corrected chi connectivity index (χ1v) is 5.21. The third kappa shape index (κ3) is 3.64. The van der Waals surface area contributed by atoms with Crippen molar-refractivity contribution in [3.63, 3.8) is 0 Å². The highest BCUT2D eigenvalue weighted by molar-refractivity contribution is 5.66. The summed E-state index contributed by atoms with van der Waals surface area (Å²) in [5.41, 5.74) is 0. The van der Waals surface area contributed by atoms with Gasteiger partial charge in [0.1, 0.15) is 0 Å². The Morgan fingerprint density at radius 3 is 2.86 bits per heavy atom. The predicted octanol–water partition coefficient (Wildman–Crippen LogP) is 0.960. The monoisotopic (exact) mass is 201 g/mol. The van der Waals surface area contributed by atoms with Crippen LogP contribution in [0.3, 0.4) is 0 Å². The standard InChI is InChI=1S/C10H19NO3/c1-3-9-7-11(5-4-10(12)13)6-8(2)14-9/h8-9H,3-7H2,1-2H3,(H,12,13). The van der Waals surface area contributed by atoms with E-state index in [0.29, 0.717) is 6.54 Å². The summed E-state index contributed by atoms with van der Waals surface area (Å²) in [7, 11) is 0. The van der Waals surface area contributed by atoms with Gasteiger partial charge in [0.2, 0.25) is 0 Å². The van der Waals surface area contributed by atoms with Gasteiger partial charge in [-0.15, -0.1) is 0 Å². The van der Waals surface area contributed by atoms with Crippen LogP contribution in [-0.4, -0.2) is 47.8 Å². The number of ether oxygens (including phenoxy) is 1. The minimum absolute atomic E-state index is 0.225. The molecule has 0 aliphatic carbocycles. The zero-order chi connectivity index (χ0) is 10.6. The lowest BCUT2D eigenvalue weighted by Gasteiger charge is -2.36. The summed E-state index contributed by atoms with van der Waals surface area (Å²) >= 11 is 0. The summed E-state index contributed by atoms with van der Waals surface area (Å²) in [4.78, 5) is 12.6. The molecule has 1 aliphatic rings. The van der Waals surface area contributed by atoms with Crippen LogP contribution in [0.15, 0.2) is 0 Å². The second-order valence-corrected chi connectivity index (χ2v) is 3.88. The van der Waals surface area contributed by atoms with Crippen molar-refractivity contribution in [3.8, 4) is 0 Å². The predicted molar refractivity (Wildman–Crippen MR) is 53.3 cm³/mol. The summed E-state index contributed by atoms with van der Waals surface area (Å²) in [6.45, 7) is 6.49. The maximum absolute atomic E-state index is 10.4. The topological polar surface area (TPSA) is 49.8 Å². The molecule has 2 atom stereocenters. The van der Waals surface area contributed by atoms with Crippen LogP contribution in [0.4, 0.5) is 0 Å². The molecule has 0 saturated carbocycles. The number of rotatable bonds is 4. The number of hydrogen-bond donors (Lipinski definition) is 1. The molecule has 1 rings (SSSR count). The van der Waals surface area contributed by atoms with Crippen LogP contribution in [0.5, 0.6) is 0 Å². The fourth-order valence-electron chi connectivity index (χ4n) is 1.80. The normalized spacial score (nSPS) is 29.0. The smallest absolute Gasteiger partial charge is 0.304 e. The number of carbonyl (C=O) groups is 1. The molecule has 82 valence electrons. The van der Waals surface area contributed by atoms with E-state index in [2.05, 4.69) is 11.8 Å². The van der Waals surface area contributed by atoms with E-state index >= 15 is 0 Å². The number of hydrogen-bond acceptors (Lipinski definition) is 3. The maximum atomic E-state index is 10.4. The summed E-state index contributed by atoms with van der Waals surface area (Å²) < 4.78 is 5.68. The third-order valence-corrected chi connectivity index (χ3v) is 2.50. The molecule has 0 radical (unpaired) electrons. The van der Waals surface area contributed by atoms with Gasteiger partial charge in [-0.3, -0.25) is 9.69 Å². The van der Waals surface area contributed by atoms with E-state index in [9.17, 15) is 4.79 Å². The Labute approximate surface area is 84.8 Å². The average molecular weight is 201 g/mol. The molecule has 0 aromatic carbocycles. The van der Waals surface area contributed by atoms with Crippen molar-refractivity contribution in [1.29, 1.82) is 0 Å². The molecular formula is C10H19NO3. The summed E-state index contributed by atoms with van der Waals surface area (Å²) in [6.07, 6.45) is 1.71. The summed E-state index contributed by atoms with van der Waals surface area (Å²) in [6, 6.07) is 0. The van der Waals surface area contributed by atoms with Gasteiger partial charge in [0.05, 0.1) is 18.6 Å². The lowest BCUT2D eigenvalue weighted by atomic mass is 10.2. The van der Waals surface area contributed by atoms with Gasteiger partial charge in [0.15, 0.2) is 0 Å². The van der Waals surface area contributed by atoms with Gasteiger partial charge in [-0.25, -0.2) is 0 Å². The minimum Gasteiger partial charge on any atom is -0.481 e. The van der Waals surface area contributed by atoms with Crippen LogP contribution in [-0.2, 0) is 9.53 Å². The van der Waals surface area contributed by atoms with Crippen molar-refractivity contribution < 1.29 is 14.6 Å². The van der Waals surface area contributed by atoms with Crippen molar-refractivity contribution in [3.05, 3.63) is 0 Å². The van der Waals surface area contributed by atoms with Crippen LogP contribution in [0.25, 0.3) is 0 Å². The molecular weight excluding hydrogens is 182 g/mol. The number of carboxylic acid groups (broad SMARTS) is 1. The third-order valence-electron chi connectivity index (χ3n) is 2.50. The number of carboxylic acids is 1. The van der Waals surface area contributed by atoms with Gasteiger partial charge >= 0.3 is 5.97 Å². The Morgan fingerprint density at radius 1 is 1.57 bits per heavy atom. The molecule has 1 heterocycles. The fraction of sp³-hybridized carbons (Fsp3) is 0.900. The highest BCUT2D eigenvalue weighted by Crippen LogP contribution is 2.13. The first kappa shape index (κ1) is 11.5. The second kappa shape index (κ2) is 5.32. The van der Waals surface area contributed by atoms with Crippen LogP contribution >= 0.6 is 0 Å². The van der Waals surface area contributed by atoms with E-state index in [1.807, 2.05) is 6.92 Å². The molecule has 0 spiro atoms. The van der Waals surface area contributed by atoms with Crippen molar-refractivity contribution in [2.45, 2.75) is 38.9 Å². The van der Waals surface area contributed by atoms with Crippen LogP contribution in [0.2, 0.25) is 0 Å². The van der Waals surface area contributed by atoms with E-state index < -0.39 is 5.97 Å². The average Bonchev–Trinajstić information content (AvgIpc) is 2.14. The Hall–Kier alpha value is -0.610. The van der Waals surface area contributed by atoms with Gasteiger partial charge in [-0.05, 0) is 13.3 Å². The molecule has 0 aromatic rings. The Morgan fingerprint density at radius 2 is 2.29 bits per heavy atom. The van der Waals surface area contributed by atoms with Crippen molar-refractivity contribution in [2.24, 2.45) is 0 Å². The van der Waals surface area contributed by atoms with E-state index in [1.54, 1.807) is 0 Å².